The van der Waals surface area contributed by atoms with Crippen molar-refractivity contribution in [2.24, 2.45) is 5.92 Å². The number of allylic oxidation sites excluding steroid dienone is 2. The summed E-state index contributed by atoms with van der Waals surface area (Å²) in [4.78, 5) is 0. The highest BCUT2D eigenvalue weighted by Crippen LogP contribution is 2.18. The van der Waals surface area contributed by atoms with Gasteiger partial charge in [0.15, 0.2) is 0 Å². The van der Waals surface area contributed by atoms with E-state index in [0.717, 1.165) is 18.3 Å². The molecule has 1 aromatic rings. The van der Waals surface area contributed by atoms with Gasteiger partial charge in [-0.05, 0) is 37.3 Å². The van der Waals surface area contributed by atoms with Gasteiger partial charge in [0.05, 0.1) is 0 Å². The van der Waals surface area contributed by atoms with Gasteiger partial charge in [-0.15, -0.1) is 5.10 Å². The fourth-order valence-electron chi connectivity index (χ4n) is 1.69. The van der Waals surface area contributed by atoms with Crippen LogP contribution in [0.4, 0.5) is 5.82 Å². The van der Waals surface area contributed by atoms with Gasteiger partial charge in [-0.2, -0.15) is 5.10 Å². The van der Waals surface area contributed by atoms with E-state index < -0.39 is 0 Å². The molecule has 1 unspecified atom stereocenters. The number of rotatable bonds is 3. The fraction of sp³-hybridized carbons (Fsp3) is 0.455. The molecular formula is C11H15N3. The topological polar surface area (TPSA) is 37.8 Å². The molecule has 3 heteroatoms. The molecule has 1 aliphatic carbocycles. The van der Waals surface area contributed by atoms with Gasteiger partial charge < -0.3 is 5.32 Å². The molecule has 0 fully saturated rings. The highest BCUT2D eigenvalue weighted by Gasteiger charge is 2.09. The third kappa shape index (κ3) is 2.55. The van der Waals surface area contributed by atoms with E-state index >= 15 is 0 Å². The summed E-state index contributed by atoms with van der Waals surface area (Å²) in [5.74, 6) is 1.63. The van der Waals surface area contributed by atoms with Gasteiger partial charge in [0, 0.05) is 12.7 Å². The molecule has 1 atom stereocenters. The molecule has 3 nitrogen and oxygen atoms in total. The monoisotopic (exact) mass is 189 g/mol. The van der Waals surface area contributed by atoms with Crippen molar-refractivity contribution in [3.05, 3.63) is 30.5 Å². The molecule has 0 saturated heterocycles. The number of nitrogens with one attached hydrogen (secondary N) is 1. The largest absolute Gasteiger partial charge is 0.368 e. The molecule has 1 aromatic heterocycles. The van der Waals surface area contributed by atoms with Crippen molar-refractivity contribution < 1.29 is 0 Å². The number of aromatic nitrogens is 2. The van der Waals surface area contributed by atoms with E-state index in [1.807, 2.05) is 12.1 Å². The Bertz CT molecular complexity index is 295. The molecule has 0 saturated carbocycles. The maximum atomic E-state index is 3.98. The van der Waals surface area contributed by atoms with E-state index in [9.17, 15) is 0 Å². The average molecular weight is 189 g/mol. The van der Waals surface area contributed by atoms with Crippen molar-refractivity contribution in [1.82, 2.24) is 10.2 Å². The summed E-state index contributed by atoms with van der Waals surface area (Å²) in [5, 5.41) is 11.1. The van der Waals surface area contributed by atoms with Crippen LogP contribution in [0, 0.1) is 5.92 Å². The fourth-order valence-corrected chi connectivity index (χ4v) is 1.69. The van der Waals surface area contributed by atoms with Crippen molar-refractivity contribution in [1.29, 1.82) is 0 Å². The van der Waals surface area contributed by atoms with E-state index in [-0.39, 0.29) is 0 Å². The second kappa shape index (κ2) is 4.74. The number of hydrogen-bond donors (Lipinski definition) is 1. The summed E-state index contributed by atoms with van der Waals surface area (Å²) in [6.45, 7) is 1.00. The Balaban J connectivity index is 1.80. The zero-order valence-corrected chi connectivity index (χ0v) is 8.19. The number of anilines is 1. The quantitative estimate of drug-likeness (QED) is 0.741. The van der Waals surface area contributed by atoms with Crippen LogP contribution >= 0.6 is 0 Å². The van der Waals surface area contributed by atoms with Crippen molar-refractivity contribution in [3.63, 3.8) is 0 Å². The molecule has 1 heterocycles. The van der Waals surface area contributed by atoms with Crippen molar-refractivity contribution in [2.45, 2.75) is 19.3 Å². The lowest BCUT2D eigenvalue weighted by Gasteiger charge is -2.17. The molecule has 74 valence electrons. The third-order valence-corrected chi connectivity index (χ3v) is 2.52. The zero-order valence-electron chi connectivity index (χ0n) is 8.19. The minimum absolute atomic E-state index is 0.752. The van der Waals surface area contributed by atoms with E-state index in [0.29, 0.717) is 0 Å². The second-order valence-electron chi connectivity index (χ2n) is 3.64. The van der Waals surface area contributed by atoms with E-state index in [1.54, 1.807) is 6.20 Å². The highest BCUT2D eigenvalue weighted by molar-refractivity contribution is 5.31. The van der Waals surface area contributed by atoms with Crippen LogP contribution in [-0.2, 0) is 0 Å². The van der Waals surface area contributed by atoms with Gasteiger partial charge in [0.1, 0.15) is 5.82 Å². The van der Waals surface area contributed by atoms with E-state index in [1.165, 1.54) is 19.3 Å². The predicted octanol–water partition coefficient (Wildman–Crippen LogP) is 2.24. The highest BCUT2D eigenvalue weighted by atomic mass is 15.2. The Morgan fingerprint density at radius 3 is 3.14 bits per heavy atom. The average Bonchev–Trinajstić information content (AvgIpc) is 2.29. The van der Waals surface area contributed by atoms with Gasteiger partial charge in [0.25, 0.3) is 0 Å². The van der Waals surface area contributed by atoms with Crippen LogP contribution in [0.3, 0.4) is 0 Å². The molecule has 14 heavy (non-hydrogen) atoms. The molecule has 2 rings (SSSR count). The van der Waals surface area contributed by atoms with E-state index in [4.69, 9.17) is 0 Å². The Hall–Kier alpha value is -1.38. The SMILES string of the molecule is C1=CCC(CNc2cccnn2)CC1. The molecule has 0 aromatic carbocycles. The molecule has 0 aliphatic heterocycles. The summed E-state index contributed by atoms with van der Waals surface area (Å²) in [7, 11) is 0. The predicted molar refractivity (Wildman–Crippen MR) is 57.0 cm³/mol. The Labute approximate surface area is 84.2 Å². The minimum Gasteiger partial charge on any atom is -0.368 e. The number of nitrogens with zero attached hydrogens (tertiary/aromatic N) is 2. The summed E-state index contributed by atoms with van der Waals surface area (Å²) >= 11 is 0. The first kappa shape index (κ1) is 9.19. The lowest BCUT2D eigenvalue weighted by atomic mass is 9.94. The van der Waals surface area contributed by atoms with Crippen LogP contribution < -0.4 is 5.32 Å². The standard InChI is InChI=1S/C11H15N3/c1-2-5-10(6-3-1)9-12-11-7-4-8-13-14-11/h1-2,4,7-8,10H,3,5-6,9H2,(H,12,14). The first-order valence-electron chi connectivity index (χ1n) is 5.12. The smallest absolute Gasteiger partial charge is 0.148 e. The first-order valence-corrected chi connectivity index (χ1v) is 5.12. The van der Waals surface area contributed by atoms with Crippen molar-refractivity contribution in [2.75, 3.05) is 11.9 Å². The van der Waals surface area contributed by atoms with Gasteiger partial charge >= 0.3 is 0 Å². The van der Waals surface area contributed by atoms with Crippen LogP contribution in [0.15, 0.2) is 30.5 Å². The minimum atomic E-state index is 0.752. The van der Waals surface area contributed by atoms with E-state index in [2.05, 4.69) is 27.7 Å². The lowest BCUT2D eigenvalue weighted by Crippen LogP contribution is -2.16. The molecule has 0 amide bonds. The molecule has 1 aliphatic rings. The van der Waals surface area contributed by atoms with Gasteiger partial charge in [-0.3, -0.25) is 0 Å². The summed E-state index contributed by atoms with van der Waals surface area (Å²) in [5.41, 5.74) is 0. The zero-order chi connectivity index (χ0) is 9.64. The summed E-state index contributed by atoms with van der Waals surface area (Å²) in [6, 6.07) is 3.85. The number of hydrogen-bond acceptors (Lipinski definition) is 3. The maximum absolute atomic E-state index is 3.98. The van der Waals surface area contributed by atoms with Crippen LogP contribution in [0.1, 0.15) is 19.3 Å². The maximum Gasteiger partial charge on any atom is 0.148 e. The molecule has 1 N–H and O–H groups in total. The third-order valence-electron chi connectivity index (χ3n) is 2.52. The molecule has 0 spiro atoms. The van der Waals surface area contributed by atoms with Crippen LogP contribution in [0.5, 0.6) is 0 Å². The molecular weight excluding hydrogens is 174 g/mol. The second-order valence-corrected chi connectivity index (χ2v) is 3.64. The lowest BCUT2D eigenvalue weighted by molar-refractivity contribution is 0.503. The van der Waals surface area contributed by atoms with Crippen LogP contribution in [0.2, 0.25) is 0 Å². The van der Waals surface area contributed by atoms with Gasteiger partial charge in [0.2, 0.25) is 0 Å². The van der Waals surface area contributed by atoms with Crippen LogP contribution in [-0.4, -0.2) is 16.7 Å². The Morgan fingerprint density at radius 2 is 2.43 bits per heavy atom. The molecule has 0 radical (unpaired) electrons. The van der Waals surface area contributed by atoms with Crippen molar-refractivity contribution >= 4 is 5.82 Å². The van der Waals surface area contributed by atoms with Gasteiger partial charge in [-0.1, -0.05) is 12.2 Å². The first-order chi connectivity index (χ1) is 6.95. The Kier molecular flexibility index (Phi) is 3.11. The van der Waals surface area contributed by atoms with Crippen molar-refractivity contribution in [3.8, 4) is 0 Å². The normalized spacial score (nSPS) is 20.7. The van der Waals surface area contributed by atoms with Crippen LogP contribution in [0.25, 0.3) is 0 Å². The van der Waals surface area contributed by atoms with Gasteiger partial charge in [-0.25, -0.2) is 0 Å². The Morgan fingerprint density at radius 1 is 1.43 bits per heavy atom. The summed E-state index contributed by atoms with van der Waals surface area (Å²) < 4.78 is 0. The summed E-state index contributed by atoms with van der Waals surface area (Å²) in [6.07, 6.45) is 9.91. The molecule has 0 bridgehead atoms.